The highest BCUT2D eigenvalue weighted by Gasteiger charge is 1.98. The summed E-state index contributed by atoms with van der Waals surface area (Å²) in [6.07, 6.45) is 7.93. The molecule has 0 atom stereocenters. The first kappa shape index (κ1) is 11.9. The quantitative estimate of drug-likeness (QED) is 0.785. The lowest BCUT2D eigenvalue weighted by Crippen LogP contribution is -2.13. The smallest absolute Gasteiger partial charge is 0.0991 e. The van der Waals surface area contributed by atoms with Crippen LogP contribution >= 0.6 is 0 Å². The van der Waals surface area contributed by atoms with Crippen LogP contribution in [0.1, 0.15) is 12.0 Å². The zero-order valence-electron chi connectivity index (χ0n) is 10.5. The van der Waals surface area contributed by atoms with E-state index in [-0.39, 0.29) is 0 Å². The summed E-state index contributed by atoms with van der Waals surface area (Å²) in [6.45, 7) is 1.13. The lowest BCUT2D eigenvalue weighted by molar-refractivity contribution is 0.400. The molecule has 0 saturated carbocycles. The predicted molar refractivity (Wildman–Crippen MR) is 70.4 cm³/mol. The molecule has 2 aromatic rings. The molecule has 0 aliphatic heterocycles. The van der Waals surface area contributed by atoms with E-state index >= 15 is 0 Å². The average Bonchev–Trinajstić information content (AvgIpc) is 2.82. The molecule has 0 unspecified atom stereocenters. The van der Waals surface area contributed by atoms with Crippen LogP contribution in [0.3, 0.4) is 0 Å². The first-order valence-corrected chi connectivity index (χ1v) is 5.98. The number of aromatic nitrogens is 2. The monoisotopic (exact) mass is 229 g/mol. The molecule has 3 heteroatoms. The molecule has 0 radical (unpaired) electrons. The maximum Gasteiger partial charge on any atom is 0.0991 e. The maximum atomic E-state index is 4.07. The summed E-state index contributed by atoms with van der Waals surface area (Å²) in [7, 11) is 4.23. The number of hydrogen-bond donors (Lipinski definition) is 0. The molecular formula is C14H19N3. The molecule has 0 aliphatic rings. The highest BCUT2D eigenvalue weighted by molar-refractivity contribution is 5.35. The van der Waals surface area contributed by atoms with Crippen LogP contribution in [0, 0.1) is 0 Å². The molecule has 2 rings (SSSR count). The minimum Gasteiger partial charge on any atom is -0.309 e. The van der Waals surface area contributed by atoms with Gasteiger partial charge >= 0.3 is 0 Å². The molecule has 0 spiro atoms. The van der Waals surface area contributed by atoms with E-state index in [9.17, 15) is 0 Å². The summed E-state index contributed by atoms with van der Waals surface area (Å²) in [5.74, 6) is 0. The van der Waals surface area contributed by atoms with E-state index in [4.69, 9.17) is 0 Å². The number of nitrogens with zero attached hydrogens (tertiary/aromatic N) is 3. The van der Waals surface area contributed by atoms with Crippen LogP contribution in [-0.2, 0) is 6.42 Å². The van der Waals surface area contributed by atoms with E-state index in [2.05, 4.69) is 48.2 Å². The van der Waals surface area contributed by atoms with Gasteiger partial charge in [-0.2, -0.15) is 0 Å². The fourth-order valence-corrected chi connectivity index (χ4v) is 1.88. The molecule has 17 heavy (non-hydrogen) atoms. The van der Waals surface area contributed by atoms with Crippen LogP contribution in [0.25, 0.3) is 5.69 Å². The van der Waals surface area contributed by atoms with Gasteiger partial charge in [-0.3, -0.25) is 0 Å². The topological polar surface area (TPSA) is 21.1 Å². The Labute approximate surface area is 103 Å². The van der Waals surface area contributed by atoms with Gasteiger partial charge in [-0.15, -0.1) is 0 Å². The van der Waals surface area contributed by atoms with E-state index in [1.807, 2.05) is 17.1 Å². The molecule has 3 nitrogen and oxygen atoms in total. The van der Waals surface area contributed by atoms with Gasteiger partial charge in [0, 0.05) is 18.1 Å². The molecule has 0 amide bonds. The molecule has 0 saturated heterocycles. The van der Waals surface area contributed by atoms with Crippen LogP contribution in [0.4, 0.5) is 0 Å². The summed E-state index contributed by atoms with van der Waals surface area (Å²) in [6, 6.07) is 8.64. The Kier molecular flexibility index (Phi) is 3.94. The van der Waals surface area contributed by atoms with E-state index in [0.717, 1.165) is 13.0 Å². The summed E-state index contributed by atoms with van der Waals surface area (Å²) in [4.78, 5) is 6.29. The van der Waals surface area contributed by atoms with Gasteiger partial charge in [0.2, 0.25) is 0 Å². The van der Waals surface area contributed by atoms with E-state index in [0.29, 0.717) is 0 Å². The third-order valence-electron chi connectivity index (χ3n) is 2.78. The van der Waals surface area contributed by atoms with Crippen LogP contribution in [0.15, 0.2) is 43.0 Å². The van der Waals surface area contributed by atoms with Crippen molar-refractivity contribution < 1.29 is 0 Å². The van der Waals surface area contributed by atoms with E-state index in [1.54, 1.807) is 6.20 Å². The summed E-state index contributed by atoms with van der Waals surface area (Å²) in [5.41, 5.74) is 2.57. The Morgan fingerprint density at radius 1 is 1.29 bits per heavy atom. The SMILES string of the molecule is CN(C)CCCc1cccc(-n2ccnc2)c1. The normalized spacial score (nSPS) is 11.0. The summed E-state index contributed by atoms with van der Waals surface area (Å²) < 4.78 is 2.04. The Morgan fingerprint density at radius 2 is 2.18 bits per heavy atom. The van der Waals surface area contributed by atoms with Crippen molar-refractivity contribution in [3.05, 3.63) is 48.5 Å². The third kappa shape index (κ3) is 3.43. The molecule has 0 bridgehead atoms. The van der Waals surface area contributed by atoms with Crippen LogP contribution in [0.2, 0.25) is 0 Å². The van der Waals surface area contributed by atoms with Gasteiger partial charge in [-0.05, 0) is 51.2 Å². The predicted octanol–water partition coefficient (Wildman–Crippen LogP) is 2.37. The molecule has 1 heterocycles. The van der Waals surface area contributed by atoms with Crippen molar-refractivity contribution in [1.29, 1.82) is 0 Å². The first-order chi connectivity index (χ1) is 8.25. The van der Waals surface area contributed by atoms with Crippen molar-refractivity contribution in [2.45, 2.75) is 12.8 Å². The summed E-state index contributed by atoms with van der Waals surface area (Å²) in [5, 5.41) is 0. The molecule has 1 aromatic carbocycles. The van der Waals surface area contributed by atoms with E-state index in [1.165, 1.54) is 17.7 Å². The van der Waals surface area contributed by atoms with Crippen LogP contribution < -0.4 is 0 Å². The Balaban J connectivity index is 2.02. The van der Waals surface area contributed by atoms with E-state index < -0.39 is 0 Å². The number of aryl methyl sites for hydroxylation is 1. The van der Waals surface area contributed by atoms with Crippen molar-refractivity contribution in [2.75, 3.05) is 20.6 Å². The highest BCUT2D eigenvalue weighted by Crippen LogP contribution is 2.11. The Hall–Kier alpha value is -1.61. The fourth-order valence-electron chi connectivity index (χ4n) is 1.88. The highest BCUT2D eigenvalue weighted by atomic mass is 15.0. The minimum absolute atomic E-state index is 1.13. The van der Waals surface area contributed by atoms with Crippen molar-refractivity contribution in [3.8, 4) is 5.69 Å². The van der Waals surface area contributed by atoms with Gasteiger partial charge in [-0.1, -0.05) is 12.1 Å². The number of rotatable bonds is 5. The largest absolute Gasteiger partial charge is 0.309 e. The van der Waals surface area contributed by atoms with Gasteiger partial charge < -0.3 is 9.47 Å². The number of imidazole rings is 1. The summed E-state index contributed by atoms with van der Waals surface area (Å²) >= 11 is 0. The Bertz CT molecular complexity index is 446. The van der Waals surface area contributed by atoms with Gasteiger partial charge in [0.1, 0.15) is 0 Å². The fraction of sp³-hybridized carbons (Fsp3) is 0.357. The van der Waals surface area contributed by atoms with Gasteiger partial charge in [0.15, 0.2) is 0 Å². The van der Waals surface area contributed by atoms with Crippen molar-refractivity contribution in [2.24, 2.45) is 0 Å². The molecule has 90 valence electrons. The van der Waals surface area contributed by atoms with Crippen LogP contribution in [-0.4, -0.2) is 35.1 Å². The second-order valence-corrected chi connectivity index (χ2v) is 4.55. The van der Waals surface area contributed by atoms with Crippen molar-refractivity contribution in [1.82, 2.24) is 14.5 Å². The molecular weight excluding hydrogens is 210 g/mol. The zero-order chi connectivity index (χ0) is 12.1. The van der Waals surface area contributed by atoms with Gasteiger partial charge in [-0.25, -0.2) is 4.98 Å². The lowest BCUT2D eigenvalue weighted by Gasteiger charge is -2.10. The maximum absolute atomic E-state index is 4.07. The lowest BCUT2D eigenvalue weighted by atomic mass is 10.1. The minimum atomic E-state index is 1.13. The molecule has 0 aliphatic carbocycles. The van der Waals surface area contributed by atoms with Gasteiger partial charge in [0.25, 0.3) is 0 Å². The van der Waals surface area contributed by atoms with Gasteiger partial charge in [0.05, 0.1) is 6.33 Å². The standard InChI is InChI=1S/C14H19N3/c1-16(2)9-4-6-13-5-3-7-14(11-13)17-10-8-15-12-17/h3,5,7-8,10-12H,4,6,9H2,1-2H3. The first-order valence-electron chi connectivity index (χ1n) is 5.98. The molecule has 0 N–H and O–H groups in total. The number of hydrogen-bond acceptors (Lipinski definition) is 2. The average molecular weight is 229 g/mol. The van der Waals surface area contributed by atoms with Crippen molar-refractivity contribution in [3.63, 3.8) is 0 Å². The van der Waals surface area contributed by atoms with Crippen molar-refractivity contribution >= 4 is 0 Å². The third-order valence-corrected chi connectivity index (χ3v) is 2.78. The second-order valence-electron chi connectivity index (χ2n) is 4.55. The molecule has 0 fully saturated rings. The zero-order valence-corrected chi connectivity index (χ0v) is 10.5. The van der Waals surface area contributed by atoms with Crippen LogP contribution in [0.5, 0.6) is 0 Å². The number of benzene rings is 1. The Morgan fingerprint density at radius 3 is 2.88 bits per heavy atom. The molecule has 1 aromatic heterocycles. The second kappa shape index (κ2) is 5.64.